The number of piperazine rings is 1. The normalized spacial score (nSPS) is 17.1. The average molecular weight is 279 g/mol. The van der Waals surface area contributed by atoms with Crippen LogP contribution in [-0.2, 0) is 0 Å². The van der Waals surface area contributed by atoms with E-state index in [4.69, 9.17) is 4.74 Å². The first-order chi connectivity index (χ1) is 9.70. The van der Waals surface area contributed by atoms with Gasteiger partial charge in [-0.25, -0.2) is 9.97 Å². The Balaban J connectivity index is 1.80. The predicted molar refractivity (Wildman–Crippen MR) is 80.4 cm³/mol. The van der Waals surface area contributed by atoms with Crippen LogP contribution in [0.1, 0.15) is 12.5 Å². The Morgan fingerprint density at radius 3 is 2.70 bits per heavy atom. The maximum Gasteiger partial charge on any atom is 0.221 e. The number of likely N-dealkylation sites (N-methyl/N-ethyl adjacent to an activating group) is 1. The molecule has 0 aliphatic carbocycles. The second-order valence-electron chi connectivity index (χ2n) is 5.16. The molecule has 0 radical (unpaired) electrons. The predicted octanol–water partition coefficient (Wildman–Crippen LogP) is 0.843. The summed E-state index contributed by atoms with van der Waals surface area (Å²) in [7, 11) is 2.18. The lowest BCUT2D eigenvalue weighted by Crippen LogP contribution is -2.45. The van der Waals surface area contributed by atoms with Gasteiger partial charge in [0.25, 0.3) is 0 Å². The molecule has 1 saturated heterocycles. The summed E-state index contributed by atoms with van der Waals surface area (Å²) in [5.41, 5.74) is 0.979. The number of nitrogens with zero attached hydrogens (tertiary/aromatic N) is 4. The Morgan fingerprint density at radius 2 is 2.00 bits per heavy atom. The van der Waals surface area contributed by atoms with Gasteiger partial charge >= 0.3 is 0 Å². The van der Waals surface area contributed by atoms with Gasteiger partial charge in [0.2, 0.25) is 5.88 Å². The van der Waals surface area contributed by atoms with E-state index in [9.17, 15) is 0 Å². The zero-order valence-corrected chi connectivity index (χ0v) is 12.7. The monoisotopic (exact) mass is 279 g/mol. The molecular formula is C14H25N5O. The van der Waals surface area contributed by atoms with Gasteiger partial charge in [-0.3, -0.25) is 4.90 Å². The van der Waals surface area contributed by atoms with Crippen LogP contribution in [0, 0.1) is 6.92 Å². The molecule has 1 aromatic rings. The lowest BCUT2D eigenvalue weighted by atomic mass is 10.3. The molecule has 1 aliphatic heterocycles. The van der Waals surface area contributed by atoms with Crippen LogP contribution in [0.2, 0.25) is 0 Å². The second kappa shape index (κ2) is 7.40. The first kappa shape index (κ1) is 15.0. The topological polar surface area (TPSA) is 53.5 Å². The van der Waals surface area contributed by atoms with Crippen LogP contribution in [0.3, 0.4) is 0 Å². The number of aromatic nitrogens is 2. The summed E-state index contributed by atoms with van der Waals surface area (Å²) in [6.45, 7) is 11.1. The van der Waals surface area contributed by atoms with Gasteiger partial charge in [-0.05, 0) is 20.9 Å². The third kappa shape index (κ3) is 4.05. The van der Waals surface area contributed by atoms with Gasteiger partial charge in [0.05, 0.1) is 12.2 Å². The maximum absolute atomic E-state index is 5.48. The Hall–Kier alpha value is -1.40. The molecule has 0 bridgehead atoms. The Morgan fingerprint density at radius 1 is 1.25 bits per heavy atom. The summed E-state index contributed by atoms with van der Waals surface area (Å²) >= 11 is 0. The molecular weight excluding hydrogens is 254 g/mol. The quantitative estimate of drug-likeness (QED) is 0.833. The number of hydrogen-bond donors (Lipinski definition) is 1. The molecule has 0 spiro atoms. The van der Waals surface area contributed by atoms with Crippen molar-refractivity contribution in [3.63, 3.8) is 0 Å². The van der Waals surface area contributed by atoms with E-state index in [-0.39, 0.29) is 0 Å². The van der Waals surface area contributed by atoms with Crippen LogP contribution < -0.4 is 10.1 Å². The van der Waals surface area contributed by atoms with Crippen molar-refractivity contribution in [1.29, 1.82) is 0 Å². The highest BCUT2D eigenvalue weighted by molar-refractivity contribution is 5.47. The number of hydrogen-bond acceptors (Lipinski definition) is 6. The molecule has 2 rings (SSSR count). The summed E-state index contributed by atoms with van der Waals surface area (Å²) in [5, 5.41) is 3.38. The van der Waals surface area contributed by atoms with E-state index in [1.165, 1.54) is 0 Å². The van der Waals surface area contributed by atoms with Crippen LogP contribution in [0.5, 0.6) is 5.88 Å². The average Bonchev–Trinajstić information content (AvgIpc) is 2.45. The Kier molecular flexibility index (Phi) is 5.55. The zero-order chi connectivity index (χ0) is 14.4. The zero-order valence-electron chi connectivity index (χ0n) is 12.7. The fourth-order valence-electron chi connectivity index (χ4n) is 2.30. The van der Waals surface area contributed by atoms with Gasteiger partial charge in [-0.15, -0.1) is 0 Å². The molecule has 0 aromatic carbocycles. The van der Waals surface area contributed by atoms with Crippen molar-refractivity contribution in [3.05, 3.63) is 11.9 Å². The van der Waals surface area contributed by atoms with Gasteiger partial charge in [0, 0.05) is 39.3 Å². The van der Waals surface area contributed by atoms with E-state index in [2.05, 4.69) is 32.1 Å². The fourth-order valence-corrected chi connectivity index (χ4v) is 2.30. The van der Waals surface area contributed by atoms with Crippen molar-refractivity contribution < 1.29 is 4.74 Å². The van der Waals surface area contributed by atoms with Gasteiger partial charge in [-0.2, -0.15) is 0 Å². The second-order valence-corrected chi connectivity index (χ2v) is 5.16. The van der Waals surface area contributed by atoms with E-state index >= 15 is 0 Å². The molecule has 0 amide bonds. The minimum absolute atomic E-state index is 0.624. The van der Waals surface area contributed by atoms with Crippen LogP contribution in [0.15, 0.2) is 6.33 Å². The third-order valence-electron chi connectivity index (χ3n) is 3.64. The van der Waals surface area contributed by atoms with Crippen molar-refractivity contribution in [2.75, 3.05) is 58.2 Å². The number of nitrogens with one attached hydrogen (secondary N) is 1. The molecule has 1 aliphatic rings. The lowest BCUT2D eigenvalue weighted by molar-refractivity contribution is 0.158. The molecule has 0 saturated carbocycles. The molecule has 6 heteroatoms. The first-order valence-corrected chi connectivity index (χ1v) is 7.30. The van der Waals surface area contributed by atoms with E-state index in [1.807, 2.05) is 13.8 Å². The number of anilines is 1. The molecule has 6 nitrogen and oxygen atoms in total. The molecule has 112 valence electrons. The molecule has 1 fully saturated rings. The standard InChI is InChI=1S/C14H25N5O/c1-4-20-14-12(2)13(16-11-17-14)15-5-6-19-9-7-18(3)8-10-19/h11H,4-10H2,1-3H3,(H,15,16,17). The smallest absolute Gasteiger partial charge is 0.221 e. The van der Waals surface area contributed by atoms with Gasteiger partial charge in [0.15, 0.2) is 0 Å². The highest BCUT2D eigenvalue weighted by Crippen LogP contribution is 2.19. The van der Waals surface area contributed by atoms with Crippen molar-refractivity contribution in [3.8, 4) is 5.88 Å². The van der Waals surface area contributed by atoms with Crippen LogP contribution >= 0.6 is 0 Å². The van der Waals surface area contributed by atoms with Crippen LogP contribution in [0.4, 0.5) is 5.82 Å². The summed E-state index contributed by atoms with van der Waals surface area (Å²) in [6.07, 6.45) is 1.55. The largest absolute Gasteiger partial charge is 0.478 e. The molecule has 1 N–H and O–H groups in total. The maximum atomic E-state index is 5.48. The van der Waals surface area contributed by atoms with Crippen molar-refractivity contribution >= 4 is 5.82 Å². The van der Waals surface area contributed by atoms with E-state index in [0.717, 1.165) is 50.6 Å². The Bertz CT molecular complexity index is 418. The van der Waals surface area contributed by atoms with Crippen molar-refractivity contribution in [1.82, 2.24) is 19.8 Å². The minimum Gasteiger partial charge on any atom is -0.478 e. The summed E-state index contributed by atoms with van der Waals surface area (Å²) < 4.78 is 5.48. The van der Waals surface area contributed by atoms with Crippen LogP contribution in [0.25, 0.3) is 0 Å². The van der Waals surface area contributed by atoms with Crippen molar-refractivity contribution in [2.45, 2.75) is 13.8 Å². The van der Waals surface area contributed by atoms with Gasteiger partial charge < -0.3 is 15.0 Å². The Labute approximate surface area is 121 Å². The number of rotatable bonds is 6. The van der Waals surface area contributed by atoms with E-state index in [0.29, 0.717) is 12.5 Å². The number of ether oxygens (including phenoxy) is 1. The third-order valence-corrected chi connectivity index (χ3v) is 3.64. The fraction of sp³-hybridized carbons (Fsp3) is 0.714. The lowest BCUT2D eigenvalue weighted by Gasteiger charge is -2.32. The summed E-state index contributed by atoms with van der Waals surface area (Å²) in [6, 6.07) is 0. The van der Waals surface area contributed by atoms with Crippen molar-refractivity contribution in [2.24, 2.45) is 0 Å². The summed E-state index contributed by atoms with van der Waals surface area (Å²) in [4.78, 5) is 13.3. The first-order valence-electron chi connectivity index (χ1n) is 7.30. The van der Waals surface area contributed by atoms with Crippen LogP contribution in [-0.4, -0.2) is 72.7 Å². The highest BCUT2D eigenvalue weighted by atomic mass is 16.5. The van der Waals surface area contributed by atoms with E-state index < -0.39 is 0 Å². The molecule has 0 atom stereocenters. The minimum atomic E-state index is 0.624. The SMILES string of the molecule is CCOc1ncnc(NCCN2CCN(C)CC2)c1C. The molecule has 0 unspecified atom stereocenters. The van der Waals surface area contributed by atoms with Gasteiger partial charge in [-0.1, -0.05) is 0 Å². The van der Waals surface area contributed by atoms with Gasteiger partial charge in [0.1, 0.15) is 12.1 Å². The highest BCUT2D eigenvalue weighted by Gasteiger charge is 2.13. The summed E-state index contributed by atoms with van der Waals surface area (Å²) in [5.74, 6) is 1.54. The molecule has 1 aromatic heterocycles. The van der Waals surface area contributed by atoms with E-state index in [1.54, 1.807) is 6.33 Å². The molecule has 20 heavy (non-hydrogen) atoms. The molecule has 2 heterocycles.